The van der Waals surface area contributed by atoms with Crippen molar-refractivity contribution >= 4 is 5.97 Å². The van der Waals surface area contributed by atoms with Gasteiger partial charge in [0.1, 0.15) is 11.3 Å². The van der Waals surface area contributed by atoms with E-state index in [0.717, 1.165) is 11.3 Å². The van der Waals surface area contributed by atoms with Gasteiger partial charge in [-0.25, -0.2) is 0 Å². The molecule has 2 N–H and O–H groups in total. The first-order valence-electron chi connectivity index (χ1n) is 5.00. The van der Waals surface area contributed by atoms with Crippen LogP contribution in [0.2, 0.25) is 0 Å². The van der Waals surface area contributed by atoms with Gasteiger partial charge in [-0.15, -0.1) is 0 Å². The monoisotopic (exact) mass is 223 g/mol. The number of methoxy groups -OCH3 is 2. The first-order chi connectivity index (χ1) is 7.49. The molecule has 1 aromatic carbocycles. The minimum atomic E-state index is -0.997. The second-order valence-corrected chi connectivity index (χ2v) is 3.93. The normalized spacial score (nSPS) is 14.0. The summed E-state index contributed by atoms with van der Waals surface area (Å²) >= 11 is 0. The summed E-state index contributed by atoms with van der Waals surface area (Å²) in [6, 6.07) is 7.44. The number of benzene rings is 1. The average Bonchev–Trinajstić information content (AvgIpc) is 2.28. The highest BCUT2D eigenvalue weighted by Crippen LogP contribution is 2.16. The smallest absolute Gasteiger partial charge is 0.325 e. The number of rotatable bonds is 4. The maximum absolute atomic E-state index is 11.4. The van der Waals surface area contributed by atoms with Crippen LogP contribution in [0, 0.1) is 0 Å². The summed E-state index contributed by atoms with van der Waals surface area (Å²) in [5, 5.41) is 0. The molecule has 88 valence electrons. The third-order valence-corrected chi connectivity index (χ3v) is 2.38. The van der Waals surface area contributed by atoms with Crippen LogP contribution in [0.4, 0.5) is 0 Å². The van der Waals surface area contributed by atoms with Crippen LogP contribution in [-0.4, -0.2) is 25.7 Å². The Bertz CT molecular complexity index is 357. The standard InChI is InChI=1S/C12H17NO3/c1-12(13,11(14)16-3)8-9-4-6-10(15-2)7-5-9/h4-7H,8,13H2,1-3H3/t12-/m0/s1. The number of ether oxygens (including phenoxy) is 2. The van der Waals surface area contributed by atoms with E-state index in [1.165, 1.54) is 7.11 Å². The van der Waals surface area contributed by atoms with Crippen LogP contribution in [0.15, 0.2) is 24.3 Å². The number of carbonyl (C=O) groups is 1. The van der Waals surface area contributed by atoms with Gasteiger partial charge < -0.3 is 15.2 Å². The molecule has 1 rings (SSSR count). The second kappa shape index (κ2) is 4.99. The number of nitrogens with two attached hydrogens (primary N) is 1. The highest BCUT2D eigenvalue weighted by atomic mass is 16.5. The van der Waals surface area contributed by atoms with Crippen molar-refractivity contribution in [1.29, 1.82) is 0 Å². The van der Waals surface area contributed by atoms with Gasteiger partial charge in [0.2, 0.25) is 0 Å². The number of hydrogen-bond donors (Lipinski definition) is 1. The van der Waals surface area contributed by atoms with Crippen molar-refractivity contribution in [2.45, 2.75) is 18.9 Å². The van der Waals surface area contributed by atoms with E-state index in [4.69, 9.17) is 10.5 Å². The summed E-state index contributed by atoms with van der Waals surface area (Å²) in [7, 11) is 2.94. The molecule has 0 heterocycles. The molecule has 0 saturated heterocycles. The molecule has 4 heteroatoms. The molecule has 0 unspecified atom stereocenters. The number of carbonyl (C=O) groups excluding carboxylic acids is 1. The first-order valence-corrected chi connectivity index (χ1v) is 5.00. The van der Waals surface area contributed by atoms with Crippen LogP contribution in [0.25, 0.3) is 0 Å². The topological polar surface area (TPSA) is 61.5 Å². The Kier molecular flexibility index (Phi) is 3.90. The summed E-state index contributed by atoms with van der Waals surface area (Å²) in [4.78, 5) is 11.4. The van der Waals surface area contributed by atoms with Gasteiger partial charge in [-0.1, -0.05) is 12.1 Å². The van der Waals surface area contributed by atoms with Crippen LogP contribution in [-0.2, 0) is 16.0 Å². The van der Waals surface area contributed by atoms with Gasteiger partial charge >= 0.3 is 5.97 Å². The van der Waals surface area contributed by atoms with Crippen molar-refractivity contribution in [2.24, 2.45) is 5.73 Å². The predicted molar refractivity (Wildman–Crippen MR) is 61.3 cm³/mol. The molecule has 0 saturated carbocycles. The van der Waals surface area contributed by atoms with Crippen LogP contribution in [0.3, 0.4) is 0 Å². The highest BCUT2D eigenvalue weighted by molar-refractivity contribution is 5.80. The van der Waals surface area contributed by atoms with E-state index >= 15 is 0 Å². The maximum atomic E-state index is 11.4. The van der Waals surface area contributed by atoms with E-state index < -0.39 is 11.5 Å². The molecule has 1 atom stereocenters. The van der Waals surface area contributed by atoms with Crippen molar-refractivity contribution in [2.75, 3.05) is 14.2 Å². The van der Waals surface area contributed by atoms with Gasteiger partial charge in [0.05, 0.1) is 14.2 Å². The van der Waals surface area contributed by atoms with E-state index in [-0.39, 0.29) is 0 Å². The summed E-state index contributed by atoms with van der Waals surface area (Å²) < 4.78 is 9.69. The number of hydrogen-bond acceptors (Lipinski definition) is 4. The molecule has 0 aliphatic heterocycles. The summed E-state index contributed by atoms with van der Waals surface area (Å²) in [5.74, 6) is 0.365. The van der Waals surface area contributed by atoms with Gasteiger partial charge in [-0.3, -0.25) is 4.79 Å². The Morgan fingerprint density at radius 3 is 2.31 bits per heavy atom. The third-order valence-electron chi connectivity index (χ3n) is 2.38. The van der Waals surface area contributed by atoms with Crippen molar-refractivity contribution in [3.8, 4) is 5.75 Å². The largest absolute Gasteiger partial charge is 0.497 e. The minimum Gasteiger partial charge on any atom is -0.497 e. The molecule has 0 spiro atoms. The lowest BCUT2D eigenvalue weighted by molar-refractivity contribution is -0.146. The Balaban J connectivity index is 2.76. The SMILES string of the molecule is COC(=O)[C@@](C)(N)Cc1ccc(OC)cc1. The van der Waals surface area contributed by atoms with Crippen LogP contribution in [0.1, 0.15) is 12.5 Å². The second-order valence-electron chi connectivity index (χ2n) is 3.93. The lowest BCUT2D eigenvalue weighted by Gasteiger charge is -2.21. The molecule has 1 aromatic rings. The minimum absolute atomic E-state index is 0.414. The first kappa shape index (κ1) is 12.5. The van der Waals surface area contributed by atoms with E-state index in [9.17, 15) is 4.79 Å². The summed E-state index contributed by atoms with van der Waals surface area (Å²) in [6.07, 6.45) is 0.434. The molecule has 0 aliphatic rings. The fourth-order valence-electron chi connectivity index (χ4n) is 1.47. The molecule has 16 heavy (non-hydrogen) atoms. The summed E-state index contributed by atoms with van der Waals surface area (Å²) in [5.41, 5.74) is 5.84. The molecule has 4 nitrogen and oxygen atoms in total. The van der Waals surface area contributed by atoms with Crippen molar-refractivity contribution in [3.63, 3.8) is 0 Å². The molecule has 0 aromatic heterocycles. The molecule has 0 radical (unpaired) electrons. The molecule has 0 bridgehead atoms. The molecular formula is C12H17NO3. The maximum Gasteiger partial charge on any atom is 0.325 e. The summed E-state index contributed by atoms with van der Waals surface area (Å²) in [6.45, 7) is 1.66. The van der Waals surface area contributed by atoms with E-state index in [2.05, 4.69) is 4.74 Å². The fraction of sp³-hybridized carbons (Fsp3) is 0.417. The van der Waals surface area contributed by atoms with Crippen LogP contribution < -0.4 is 10.5 Å². The van der Waals surface area contributed by atoms with E-state index in [0.29, 0.717) is 6.42 Å². The van der Waals surface area contributed by atoms with Crippen molar-refractivity contribution < 1.29 is 14.3 Å². The van der Waals surface area contributed by atoms with E-state index in [1.54, 1.807) is 14.0 Å². The fourth-order valence-corrected chi connectivity index (χ4v) is 1.47. The Labute approximate surface area is 95.3 Å². The van der Waals surface area contributed by atoms with Gasteiger partial charge in [0.25, 0.3) is 0 Å². The predicted octanol–water partition coefficient (Wildman–Crippen LogP) is 1.13. The lowest BCUT2D eigenvalue weighted by Crippen LogP contribution is -2.47. The Hall–Kier alpha value is -1.55. The lowest BCUT2D eigenvalue weighted by atomic mass is 9.94. The zero-order valence-electron chi connectivity index (χ0n) is 9.82. The van der Waals surface area contributed by atoms with Crippen molar-refractivity contribution in [1.82, 2.24) is 0 Å². The molecule has 0 fully saturated rings. The highest BCUT2D eigenvalue weighted by Gasteiger charge is 2.29. The van der Waals surface area contributed by atoms with Gasteiger partial charge in [-0.2, -0.15) is 0 Å². The van der Waals surface area contributed by atoms with E-state index in [1.807, 2.05) is 24.3 Å². The van der Waals surface area contributed by atoms with Gasteiger partial charge in [-0.05, 0) is 24.6 Å². The Morgan fingerprint density at radius 2 is 1.88 bits per heavy atom. The van der Waals surface area contributed by atoms with Crippen LogP contribution in [0.5, 0.6) is 5.75 Å². The average molecular weight is 223 g/mol. The van der Waals surface area contributed by atoms with Gasteiger partial charge in [0, 0.05) is 6.42 Å². The van der Waals surface area contributed by atoms with Gasteiger partial charge in [0.15, 0.2) is 0 Å². The quantitative estimate of drug-likeness (QED) is 0.777. The van der Waals surface area contributed by atoms with Crippen LogP contribution >= 0.6 is 0 Å². The molecule has 0 aliphatic carbocycles. The zero-order valence-corrected chi connectivity index (χ0v) is 9.82. The molecular weight excluding hydrogens is 206 g/mol. The Morgan fingerprint density at radius 1 is 1.31 bits per heavy atom. The zero-order chi connectivity index (χ0) is 12.2. The third kappa shape index (κ3) is 2.97. The van der Waals surface area contributed by atoms with Crippen molar-refractivity contribution in [3.05, 3.63) is 29.8 Å². The molecule has 0 amide bonds. The number of esters is 1.